The first-order chi connectivity index (χ1) is 15.1. The fourth-order valence-electron chi connectivity index (χ4n) is 4.69. The Hall–Kier alpha value is -3.14. The van der Waals surface area contributed by atoms with Crippen LogP contribution in [-0.2, 0) is 0 Å². The molecular weight excluding hydrogens is 393 g/mol. The number of hydrogen-bond acceptors (Lipinski definition) is 4. The number of amides is 2. The highest BCUT2D eigenvalue weighted by atomic mass is 19.1. The molecule has 2 fully saturated rings. The highest BCUT2D eigenvalue weighted by Gasteiger charge is 2.29. The van der Waals surface area contributed by atoms with E-state index in [1.54, 1.807) is 24.4 Å². The number of hydrogen-bond donors (Lipinski definition) is 2. The Morgan fingerprint density at radius 3 is 2.42 bits per heavy atom. The van der Waals surface area contributed by atoms with Crippen molar-refractivity contribution in [1.29, 1.82) is 5.26 Å². The van der Waals surface area contributed by atoms with Crippen LogP contribution in [0.1, 0.15) is 55.7 Å². The third kappa shape index (κ3) is 5.32. The number of urea groups is 1. The van der Waals surface area contributed by atoms with Crippen molar-refractivity contribution in [2.24, 2.45) is 5.92 Å². The highest BCUT2D eigenvalue weighted by Crippen LogP contribution is 2.35. The number of carbonyl (C=O) groups is 1. The van der Waals surface area contributed by atoms with Gasteiger partial charge in [-0.3, -0.25) is 0 Å². The minimum atomic E-state index is -0.262. The van der Waals surface area contributed by atoms with E-state index in [4.69, 9.17) is 5.26 Å². The second kappa shape index (κ2) is 9.78. The molecule has 1 unspecified atom stereocenters. The lowest BCUT2D eigenvalue weighted by Crippen LogP contribution is -2.49. The van der Waals surface area contributed by atoms with Crippen molar-refractivity contribution < 1.29 is 9.18 Å². The molecule has 7 heteroatoms. The molecule has 162 valence electrons. The lowest BCUT2D eigenvalue weighted by atomic mass is 9.91. The van der Waals surface area contributed by atoms with Gasteiger partial charge < -0.3 is 15.5 Å². The maximum Gasteiger partial charge on any atom is 0.315 e. The van der Waals surface area contributed by atoms with Gasteiger partial charge in [0.15, 0.2) is 0 Å². The summed E-state index contributed by atoms with van der Waals surface area (Å²) in [5, 5.41) is 15.2. The maximum atomic E-state index is 13.4. The van der Waals surface area contributed by atoms with Gasteiger partial charge >= 0.3 is 6.03 Å². The standard InChI is InChI=1S/C24H28FN5O/c25-20-8-6-19(7-9-20)23(18-3-1-2-4-18)29-24(31)28-21-11-13-30(14-12-21)22-10-5-17(15-26)16-27-22/h5-10,16,18,21,23H,1-4,11-14H2,(H2,28,29,31). The van der Waals surface area contributed by atoms with Crippen molar-refractivity contribution in [2.75, 3.05) is 18.0 Å². The molecule has 1 aliphatic carbocycles. The van der Waals surface area contributed by atoms with E-state index in [1.807, 2.05) is 6.07 Å². The van der Waals surface area contributed by atoms with Gasteiger partial charge in [-0.25, -0.2) is 14.2 Å². The molecule has 2 amide bonds. The molecule has 1 aliphatic heterocycles. The third-order valence-electron chi connectivity index (χ3n) is 6.42. The Morgan fingerprint density at radius 2 is 1.81 bits per heavy atom. The van der Waals surface area contributed by atoms with Crippen LogP contribution < -0.4 is 15.5 Å². The SMILES string of the molecule is N#Cc1ccc(N2CCC(NC(=O)NC(c3ccc(F)cc3)C3CCCC3)CC2)nc1. The van der Waals surface area contributed by atoms with Crippen LogP contribution in [0.3, 0.4) is 0 Å². The van der Waals surface area contributed by atoms with Gasteiger partial charge in [0.1, 0.15) is 17.7 Å². The van der Waals surface area contributed by atoms with Gasteiger partial charge in [0.05, 0.1) is 11.6 Å². The zero-order valence-corrected chi connectivity index (χ0v) is 17.6. The molecule has 1 saturated carbocycles. The Morgan fingerprint density at radius 1 is 1.10 bits per heavy atom. The van der Waals surface area contributed by atoms with Crippen molar-refractivity contribution >= 4 is 11.8 Å². The van der Waals surface area contributed by atoms with Crippen LogP contribution in [-0.4, -0.2) is 30.1 Å². The van der Waals surface area contributed by atoms with Crippen LogP contribution in [0, 0.1) is 23.1 Å². The lowest BCUT2D eigenvalue weighted by molar-refractivity contribution is 0.224. The van der Waals surface area contributed by atoms with E-state index in [-0.39, 0.29) is 23.9 Å². The van der Waals surface area contributed by atoms with E-state index in [0.29, 0.717) is 11.5 Å². The van der Waals surface area contributed by atoms with Gasteiger partial charge in [-0.15, -0.1) is 0 Å². The average Bonchev–Trinajstić information content (AvgIpc) is 3.33. The first-order valence-electron chi connectivity index (χ1n) is 11.1. The topological polar surface area (TPSA) is 81.0 Å². The molecule has 6 nitrogen and oxygen atoms in total. The second-order valence-electron chi connectivity index (χ2n) is 8.47. The molecule has 4 rings (SSSR count). The molecule has 1 aromatic heterocycles. The number of pyridine rings is 1. The zero-order valence-electron chi connectivity index (χ0n) is 17.6. The Balaban J connectivity index is 1.32. The summed E-state index contributed by atoms with van der Waals surface area (Å²) in [6.45, 7) is 1.60. The largest absolute Gasteiger partial charge is 0.356 e. The van der Waals surface area contributed by atoms with E-state index in [9.17, 15) is 9.18 Å². The predicted molar refractivity (Wildman–Crippen MR) is 117 cm³/mol. The first-order valence-corrected chi connectivity index (χ1v) is 11.1. The summed E-state index contributed by atoms with van der Waals surface area (Å²) in [6.07, 6.45) is 7.77. The molecular formula is C24H28FN5O. The second-order valence-corrected chi connectivity index (χ2v) is 8.47. The van der Waals surface area contributed by atoms with Crippen LogP contribution in [0.5, 0.6) is 0 Å². The summed E-state index contributed by atoms with van der Waals surface area (Å²) in [5.74, 6) is 0.988. The number of piperidine rings is 1. The number of aromatic nitrogens is 1. The summed E-state index contributed by atoms with van der Waals surface area (Å²) in [5.41, 5.74) is 1.51. The molecule has 2 aliphatic rings. The number of halogens is 1. The molecule has 1 atom stereocenters. The van der Waals surface area contributed by atoms with Gasteiger partial charge in [0.25, 0.3) is 0 Å². The molecule has 1 aromatic carbocycles. The van der Waals surface area contributed by atoms with Crippen molar-refractivity contribution in [3.63, 3.8) is 0 Å². The zero-order chi connectivity index (χ0) is 21.6. The number of nitrogens with zero attached hydrogens (tertiary/aromatic N) is 3. The fourth-order valence-corrected chi connectivity index (χ4v) is 4.69. The van der Waals surface area contributed by atoms with Crippen LogP contribution in [0.2, 0.25) is 0 Å². The van der Waals surface area contributed by atoms with Crippen LogP contribution >= 0.6 is 0 Å². The van der Waals surface area contributed by atoms with Crippen molar-refractivity contribution in [1.82, 2.24) is 15.6 Å². The number of benzene rings is 1. The third-order valence-corrected chi connectivity index (χ3v) is 6.42. The normalized spacial score (nSPS) is 18.4. The van der Waals surface area contributed by atoms with Gasteiger partial charge in [0, 0.05) is 25.3 Å². The van der Waals surface area contributed by atoms with Crippen LogP contribution in [0.25, 0.3) is 0 Å². The van der Waals surface area contributed by atoms with Gasteiger partial charge in [-0.2, -0.15) is 5.26 Å². The number of nitriles is 1. The first kappa shape index (κ1) is 21.1. The molecule has 1 saturated heterocycles. The van der Waals surface area contributed by atoms with Crippen molar-refractivity contribution in [2.45, 2.75) is 50.6 Å². The number of anilines is 1. The summed E-state index contributed by atoms with van der Waals surface area (Å²) in [7, 11) is 0. The predicted octanol–water partition coefficient (Wildman–Crippen LogP) is 4.29. The maximum absolute atomic E-state index is 13.4. The summed E-state index contributed by atoms with van der Waals surface area (Å²) in [4.78, 5) is 19.3. The van der Waals surface area contributed by atoms with E-state index < -0.39 is 0 Å². The van der Waals surface area contributed by atoms with Crippen molar-refractivity contribution in [3.05, 3.63) is 59.5 Å². The van der Waals surface area contributed by atoms with E-state index >= 15 is 0 Å². The molecule has 2 N–H and O–H groups in total. The Labute approximate surface area is 182 Å². The van der Waals surface area contributed by atoms with E-state index in [2.05, 4.69) is 26.6 Å². The summed E-state index contributed by atoms with van der Waals surface area (Å²) in [6, 6.07) is 12.1. The fraction of sp³-hybridized carbons (Fsp3) is 0.458. The Bertz CT molecular complexity index is 910. The monoisotopic (exact) mass is 421 g/mol. The Kier molecular flexibility index (Phi) is 6.66. The number of rotatable bonds is 5. The number of carbonyl (C=O) groups excluding carboxylic acids is 1. The average molecular weight is 422 g/mol. The van der Waals surface area contributed by atoms with Gasteiger partial charge in [-0.05, 0) is 61.4 Å². The smallest absolute Gasteiger partial charge is 0.315 e. The molecule has 2 aromatic rings. The molecule has 31 heavy (non-hydrogen) atoms. The minimum Gasteiger partial charge on any atom is -0.356 e. The van der Waals surface area contributed by atoms with Crippen molar-refractivity contribution in [3.8, 4) is 6.07 Å². The van der Waals surface area contributed by atoms with E-state index in [0.717, 1.165) is 50.2 Å². The molecule has 0 bridgehead atoms. The summed E-state index contributed by atoms with van der Waals surface area (Å²) < 4.78 is 13.4. The van der Waals surface area contributed by atoms with Gasteiger partial charge in [-0.1, -0.05) is 25.0 Å². The number of nitrogens with one attached hydrogen (secondary N) is 2. The van der Waals surface area contributed by atoms with E-state index in [1.165, 1.54) is 25.0 Å². The molecule has 0 radical (unpaired) electrons. The molecule has 2 heterocycles. The molecule has 0 spiro atoms. The lowest BCUT2D eigenvalue weighted by Gasteiger charge is -2.34. The summed E-state index contributed by atoms with van der Waals surface area (Å²) >= 11 is 0. The quantitative estimate of drug-likeness (QED) is 0.755. The van der Waals surface area contributed by atoms with Crippen LogP contribution in [0.4, 0.5) is 15.0 Å². The minimum absolute atomic E-state index is 0.0916. The highest BCUT2D eigenvalue weighted by molar-refractivity contribution is 5.75. The van der Waals surface area contributed by atoms with Crippen LogP contribution in [0.15, 0.2) is 42.6 Å². The van der Waals surface area contributed by atoms with Gasteiger partial charge in [0.2, 0.25) is 0 Å².